The van der Waals surface area contributed by atoms with Crippen molar-refractivity contribution in [1.82, 2.24) is 20.6 Å². The van der Waals surface area contributed by atoms with E-state index in [-0.39, 0.29) is 31.2 Å². The Morgan fingerprint density at radius 1 is 1.00 bits per heavy atom. The summed E-state index contributed by atoms with van der Waals surface area (Å²) in [5.74, 6) is -0.441. The summed E-state index contributed by atoms with van der Waals surface area (Å²) in [6.45, 7) is 2.26. The van der Waals surface area contributed by atoms with E-state index in [1.807, 2.05) is 18.2 Å². The molecule has 2 amide bonds. The molecule has 4 aromatic rings. The van der Waals surface area contributed by atoms with Gasteiger partial charge in [0.15, 0.2) is 0 Å². The van der Waals surface area contributed by atoms with Gasteiger partial charge in [0, 0.05) is 35.7 Å². The first-order chi connectivity index (χ1) is 18.6. The zero-order chi connectivity index (χ0) is 28.0. The number of carbonyl (C=O) groups excluding carboxylic acids is 2. The second-order valence-electron chi connectivity index (χ2n) is 9.29. The van der Waals surface area contributed by atoms with Crippen LogP contribution in [0.5, 0.6) is 0 Å². The smallest absolute Gasteiger partial charge is 0.255 e. The number of thiazole rings is 1. The van der Waals surface area contributed by atoms with Crippen LogP contribution in [0.15, 0.2) is 60.2 Å². The highest BCUT2D eigenvalue weighted by atomic mass is 32.1. The van der Waals surface area contributed by atoms with Gasteiger partial charge in [0.1, 0.15) is 12.0 Å². The van der Waals surface area contributed by atoms with E-state index in [0.717, 1.165) is 15.9 Å². The number of fused-ring (bicyclic) bond motifs is 1. The second kappa shape index (κ2) is 12.2. The van der Waals surface area contributed by atoms with Crippen molar-refractivity contribution < 1.29 is 24.2 Å². The first-order valence-corrected chi connectivity index (χ1v) is 13.0. The summed E-state index contributed by atoms with van der Waals surface area (Å²) in [6.07, 6.45) is -0.294. The molecule has 0 bridgehead atoms. The van der Waals surface area contributed by atoms with Gasteiger partial charge in [-0.3, -0.25) is 9.59 Å². The normalized spacial score (nSPS) is 12.1. The number of carbonyl (C=O) groups is 2. The third-order valence-corrected chi connectivity index (χ3v) is 6.58. The quantitative estimate of drug-likeness (QED) is 0.165. The Labute approximate surface area is 228 Å². The van der Waals surface area contributed by atoms with Crippen molar-refractivity contribution in [1.29, 1.82) is 0 Å². The van der Waals surface area contributed by atoms with Crippen LogP contribution in [0, 0.1) is 0 Å². The Morgan fingerprint density at radius 2 is 1.74 bits per heavy atom. The topological polar surface area (TPSA) is 148 Å². The number of amides is 2. The molecule has 0 spiro atoms. The molecule has 2 aromatic carbocycles. The number of rotatable bonds is 11. The molecular weight excluding hydrogens is 523 g/mol. The fraction of sp³-hybridized carbons (Fsp3) is 0.259. The fourth-order valence-electron chi connectivity index (χ4n) is 3.55. The molecule has 0 fully saturated rings. The molecule has 6 N–H and O–H groups in total. The lowest BCUT2D eigenvalue weighted by Gasteiger charge is -2.22. The van der Waals surface area contributed by atoms with Gasteiger partial charge < -0.3 is 31.5 Å². The summed E-state index contributed by atoms with van der Waals surface area (Å²) in [6, 6.07) is 13.9. The minimum absolute atomic E-state index is 0.146. The van der Waals surface area contributed by atoms with Gasteiger partial charge in [-0.1, -0.05) is 0 Å². The molecule has 2 aromatic heterocycles. The van der Waals surface area contributed by atoms with E-state index in [1.54, 1.807) is 35.8 Å². The summed E-state index contributed by atoms with van der Waals surface area (Å²) in [5.41, 5.74) is 3.37. The molecule has 0 radical (unpaired) electrons. The Bertz CT molecular complexity index is 1450. The molecule has 204 valence electrons. The maximum atomic E-state index is 14.3. The van der Waals surface area contributed by atoms with Crippen LogP contribution >= 0.6 is 11.3 Å². The Balaban J connectivity index is 1.58. The SMILES string of the molecule is CC(C)(O)[C@H](F)CNC(=O)c1cnc(Nc2ccc3ncsc3c2)cc1Nc1ccc(C(=O)NCCO)cc1. The third kappa shape index (κ3) is 7.25. The average Bonchev–Trinajstić information content (AvgIpc) is 3.38. The number of aromatic nitrogens is 2. The van der Waals surface area contributed by atoms with Crippen LogP contribution in [0.25, 0.3) is 10.2 Å². The van der Waals surface area contributed by atoms with Gasteiger partial charge in [-0.05, 0) is 56.3 Å². The predicted octanol–water partition coefficient (Wildman–Crippen LogP) is 3.74. The number of nitrogens with one attached hydrogen (secondary N) is 4. The lowest BCUT2D eigenvalue weighted by Crippen LogP contribution is -2.42. The molecule has 0 aliphatic heterocycles. The highest BCUT2D eigenvalue weighted by Gasteiger charge is 2.27. The standard InChI is InChI=1S/C27H29FN6O4S/c1-27(2,38)23(28)14-31-26(37)19-13-30-24(34-18-7-8-20-22(11-18)39-15-32-20)12-21(19)33-17-5-3-16(4-6-17)25(36)29-9-10-35/h3-8,11-13,15,23,35,38H,9-10,14H2,1-2H3,(H,29,36)(H,31,37)(H2,30,33,34)/t23-/m1/s1. The zero-order valence-electron chi connectivity index (χ0n) is 21.4. The zero-order valence-corrected chi connectivity index (χ0v) is 22.2. The third-order valence-electron chi connectivity index (χ3n) is 5.78. The summed E-state index contributed by atoms with van der Waals surface area (Å²) in [4.78, 5) is 33.8. The Kier molecular flexibility index (Phi) is 8.69. The van der Waals surface area contributed by atoms with Gasteiger partial charge >= 0.3 is 0 Å². The molecular formula is C27H29FN6O4S. The largest absolute Gasteiger partial charge is 0.395 e. The lowest BCUT2D eigenvalue weighted by atomic mass is 10.0. The van der Waals surface area contributed by atoms with Gasteiger partial charge in [0.05, 0.1) is 45.7 Å². The van der Waals surface area contributed by atoms with Crippen LogP contribution in [-0.2, 0) is 0 Å². The fourth-order valence-corrected chi connectivity index (χ4v) is 4.26. The number of nitrogens with zero attached hydrogens (tertiary/aromatic N) is 2. The number of halogens is 1. The molecule has 0 saturated carbocycles. The van der Waals surface area contributed by atoms with E-state index < -0.39 is 17.7 Å². The van der Waals surface area contributed by atoms with Gasteiger partial charge in [0.2, 0.25) is 0 Å². The number of hydrogen-bond donors (Lipinski definition) is 6. The summed E-state index contributed by atoms with van der Waals surface area (Å²) < 4.78 is 15.3. The Hall–Kier alpha value is -4.13. The van der Waals surface area contributed by atoms with E-state index in [4.69, 9.17) is 5.11 Å². The van der Waals surface area contributed by atoms with E-state index in [2.05, 4.69) is 31.2 Å². The van der Waals surface area contributed by atoms with Gasteiger partial charge in [0.25, 0.3) is 11.8 Å². The van der Waals surface area contributed by atoms with Crippen molar-refractivity contribution in [3.05, 3.63) is 71.4 Å². The number of benzene rings is 2. The van der Waals surface area contributed by atoms with E-state index >= 15 is 0 Å². The van der Waals surface area contributed by atoms with Crippen LogP contribution in [0.3, 0.4) is 0 Å². The lowest BCUT2D eigenvalue weighted by molar-refractivity contribution is -0.00177. The highest BCUT2D eigenvalue weighted by Crippen LogP contribution is 2.28. The predicted molar refractivity (Wildman–Crippen MR) is 150 cm³/mol. The minimum Gasteiger partial charge on any atom is -0.395 e. The Morgan fingerprint density at radius 3 is 2.46 bits per heavy atom. The molecule has 4 rings (SSSR count). The van der Waals surface area contributed by atoms with Crippen molar-refractivity contribution >= 4 is 56.2 Å². The summed E-state index contributed by atoms with van der Waals surface area (Å²) >= 11 is 1.51. The van der Waals surface area contributed by atoms with Crippen LogP contribution in [0.2, 0.25) is 0 Å². The molecule has 2 heterocycles. The second-order valence-corrected chi connectivity index (χ2v) is 10.2. The van der Waals surface area contributed by atoms with Crippen molar-refractivity contribution in [2.75, 3.05) is 30.3 Å². The summed E-state index contributed by atoms with van der Waals surface area (Å²) in [7, 11) is 0. The maximum Gasteiger partial charge on any atom is 0.255 e. The molecule has 12 heteroatoms. The number of alkyl halides is 1. The van der Waals surface area contributed by atoms with Crippen LogP contribution in [0.1, 0.15) is 34.6 Å². The number of anilines is 4. The van der Waals surface area contributed by atoms with Gasteiger partial charge in [-0.25, -0.2) is 14.4 Å². The molecule has 10 nitrogen and oxygen atoms in total. The van der Waals surface area contributed by atoms with E-state index in [0.29, 0.717) is 22.8 Å². The van der Waals surface area contributed by atoms with Gasteiger partial charge in [-0.2, -0.15) is 0 Å². The molecule has 0 aliphatic carbocycles. The molecule has 0 aliphatic rings. The number of pyridine rings is 1. The minimum atomic E-state index is -1.67. The number of aliphatic hydroxyl groups is 2. The summed E-state index contributed by atoms with van der Waals surface area (Å²) in [5, 5.41) is 30.2. The van der Waals surface area contributed by atoms with Crippen molar-refractivity contribution in [3.63, 3.8) is 0 Å². The maximum absolute atomic E-state index is 14.3. The highest BCUT2D eigenvalue weighted by molar-refractivity contribution is 7.16. The van der Waals surface area contributed by atoms with Crippen molar-refractivity contribution in [3.8, 4) is 0 Å². The molecule has 39 heavy (non-hydrogen) atoms. The first-order valence-electron chi connectivity index (χ1n) is 12.1. The molecule has 1 atom stereocenters. The number of aliphatic hydroxyl groups excluding tert-OH is 1. The van der Waals surface area contributed by atoms with Crippen molar-refractivity contribution in [2.24, 2.45) is 0 Å². The monoisotopic (exact) mass is 552 g/mol. The molecule has 0 saturated heterocycles. The number of hydrogen-bond acceptors (Lipinski definition) is 9. The van der Waals surface area contributed by atoms with Crippen LogP contribution in [-0.4, -0.2) is 63.5 Å². The molecule has 0 unspecified atom stereocenters. The van der Waals surface area contributed by atoms with E-state index in [9.17, 15) is 19.1 Å². The van der Waals surface area contributed by atoms with E-state index in [1.165, 1.54) is 31.4 Å². The van der Waals surface area contributed by atoms with Gasteiger partial charge in [-0.15, -0.1) is 11.3 Å². The first kappa shape index (κ1) is 27.9. The van der Waals surface area contributed by atoms with Crippen molar-refractivity contribution in [2.45, 2.75) is 25.6 Å². The van der Waals surface area contributed by atoms with Crippen LogP contribution in [0.4, 0.5) is 27.3 Å². The average molecular weight is 553 g/mol. The van der Waals surface area contributed by atoms with Crippen LogP contribution < -0.4 is 21.3 Å².